The van der Waals surface area contributed by atoms with Gasteiger partial charge in [-0.15, -0.1) is 0 Å². The number of anilines is 1. The lowest BCUT2D eigenvalue weighted by Gasteiger charge is -2.51. The van der Waals surface area contributed by atoms with Crippen LogP contribution in [0.3, 0.4) is 0 Å². The predicted octanol–water partition coefficient (Wildman–Crippen LogP) is 4.79. The minimum absolute atomic E-state index is 0.102. The molecule has 31 heavy (non-hydrogen) atoms. The quantitative estimate of drug-likeness (QED) is 0.306. The van der Waals surface area contributed by atoms with Gasteiger partial charge in [0.05, 0.1) is 21.8 Å². The van der Waals surface area contributed by atoms with Gasteiger partial charge in [-0.2, -0.15) is 0 Å². The number of halogens is 1. The number of imide groups is 1. The first-order valence-electron chi connectivity index (χ1n) is 10.3. The van der Waals surface area contributed by atoms with Crippen LogP contribution in [0.4, 0.5) is 5.69 Å². The topological polar surface area (TPSA) is 54.5 Å². The number of carbonyl (C=O) groups excluding carboxylic acids is 3. The van der Waals surface area contributed by atoms with Gasteiger partial charge in [-0.1, -0.05) is 76.6 Å². The number of alkyl halides is 1. The Balaban J connectivity index is 1.58. The van der Waals surface area contributed by atoms with E-state index in [-0.39, 0.29) is 23.5 Å². The summed E-state index contributed by atoms with van der Waals surface area (Å²) < 4.78 is -0.765. The maximum Gasteiger partial charge on any atom is 0.239 e. The van der Waals surface area contributed by atoms with Crippen LogP contribution < -0.4 is 4.90 Å². The van der Waals surface area contributed by atoms with Crippen LogP contribution in [0.2, 0.25) is 0 Å². The van der Waals surface area contributed by atoms with Gasteiger partial charge in [0.15, 0.2) is 5.78 Å². The second-order valence-electron chi connectivity index (χ2n) is 8.49. The monoisotopic (exact) mass is 471 g/mol. The first-order valence-corrected chi connectivity index (χ1v) is 11.1. The Morgan fingerprint density at radius 2 is 1.48 bits per heavy atom. The van der Waals surface area contributed by atoms with Gasteiger partial charge in [0.2, 0.25) is 11.8 Å². The molecule has 0 aromatic heterocycles. The Kier molecular flexibility index (Phi) is 3.76. The van der Waals surface area contributed by atoms with E-state index in [1.54, 1.807) is 24.3 Å². The zero-order valence-corrected chi connectivity index (χ0v) is 18.3. The number of benzene rings is 3. The summed E-state index contributed by atoms with van der Waals surface area (Å²) in [7, 11) is 0. The van der Waals surface area contributed by atoms with Crippen LogP contribution in [0.15, 0.2) is 72.8 Å². The van der Waals surface area contributed by atoms with Crippen molar-refractivity contribution < 1.29 is 14.4 Å². The second kappa shape index (κ2) is 6.24. The molecule has 4 aliphatic rings. The third kappa shape index (κ3) is 2.22. The van der Waals surface area contributed by atoms with Gasteiger partial charge < -0.3 is 0 Å². The first-order chi connectivity index (χ1) is 14.9. The van der Waals surface area contributed by atoms with E-state index < -0.39 is 16.2 Å². The summed E-state index contributed by atoms with van der Waals surface area (Å²) in [6.07, 6.45) is 0. The summed E-state index contributed by atoms with van der Waals surface area (Å²) in [5.41, 5.74) is 5.25. The molecule has 3 aliphatic carbocycles. The minimum atomic E-state index is -0.765. The number of ketones is 1. The largest absolute Gasteiger partial charge is 0.295 e. The molecule has 1 heterocycles. The van der Waals surface area contributed by atoms with E-state index in [1.165, 1.54) is 11.8 Å². The molecule has 2 amide bonds. The fourth-order valence-corrected chi connectivity index (χ4v) is 7.00. The Labute approximate surface area is 188 Å². The summed E-state index contributed by atoms with van der Waals surface area (Å²) in [5.74, 6) is -1.73. The first kappa shape index (κ1) is 18.7. The zero-order chi connectivity index (χ0) is 21.5. The van der Waals surface area contributed by atoms with Gasteiger partial charge in [0.1, 0.15) is 0 Å². The highest BCUT2D eigenvalue weighted by molar-refractivity contribution is 9.09. The smallest absolute Gasteiger partial charge is 0.239 e. The van der Waals surface area contributed by atoms with E-state index in [0.29, 0.717) is 11.3 Å². The van der Waals surface area contributed by atoms with E-state index in [4.69, 9.17) is 0 Å². The fourth-order valence-electron chi connectivity index (χ4n) is 5.80. The van der Waals surface area contributed by atoms with Crippen molar-refractivity contribution in [3.8, 4) is 0 Å². The summed E-state index contributed by atoms with van der Waals surface area (Å²) >= 11 is 3.99. The molecule has 2 atom stereocenters. The highest BCUT2D eigenvalue weighted by atomic mass is 79.9. The van der Waals surface area contributed by atoms with Crippen LogP contribution >= 0.6 is 15.9 Å². The van der Waals surface area contributed by atoms with Crippen LogP contribution in [-0.4, -0.2) is 17.6 Å². The molecule has 3 aromatic carbocycles. The Bertz CT molecular complexity index is 1270. The van der Waals surface area contributed by atoms with Gasteiger partial charge in [0, 0.05) is 11.5 Å². The number of hydrogen-bond donors (Lipinski definition) is 0. The summed E-state index contributed by atoms with van der Waals surface area (Å²) in [5, 5.41) is 0. The lowest BCUT2D eigenvalue weighted by Crippen LogP contribution is -2.50. The fraction of sp³-hybridized carbons (Fsp3) is 0.192. The number of Topliss-reactive ketones (excluding diaryl/α,β-unsaturated/α-hetero) is 1. The lowest BCUT2D eigenvalue weighted by atomic mass is 9.55. The van der Waals surface area contributed by atoms with Crippen molar-refractivity contribution in [2.24, 2.45) is 11.8 Å². The van der Waals surface area contributed by atoms with Crippen molar-refractivity contribution in [1.82, 2.24) is 0 Å². The molecule has 1 aliphatic heterocycles. The normalized spacial score (nSPS) is 27.7. The summed E-state index contributed by atoms with van der Waals surface area (Å²) in [6.45, 7) is 1.48. The molecule has 1 saturated heterocycles. The Hall–Kier alpha value is -3.05. The van der Waals surface area contributed by atoms with Crippen molar-refractivity contribution in [3.05, 3.63) is 101 Å². The maximum absolute atomic E-state index is 13.8. The maximum atomic E-state index is 13.8. The van der Waals surface area contributed by atoms with E-state index >= 15 is 0 Å². The molecule has 4 nitrogen and oxygen atoms in total. The molecule has 152 valence electrons. The third-order valence-corrected chi connectivity index (χ3v) is 8.37. The van der Waals surface area contributed by atoms with Crippen molar-refractivity contribution in [2.75, 3.05) is 4.90 Å². The van der Waals surface area contributed by atoms with Gasteiger partial charge in [-0.25, -0.2) is 4.90 Å². The van der Waals surface area contributed by atoms with Gasteiger partial charge in [-0.3, -0.25) is 14.4 Å². The number of rotatable bonds is 2. The minimum Gasteiger partial charge on any atom is -0.295 e. The lowest BCUT2D eigenvalue weighted by molar-refractivity contribution is -0.122. The number of carbonyl (C=O) groups is 3. The molecule has 0 unspecified atom stereocenters. The molecule has 7 rings (SSSR count). The number of amides is 2. The van der Waals surface area contributed by atoms with Crippen LogP contribution in [0.25, 0.3) is 0 Å². The Morgan fingerprint density at radius 3 is 2.10 bits per heavy atom. The van der Waals surface area contributed by atoms with Gasteiger partial charge >= 0.3 is 0 Å². The van der Waals surface area contributed by atoms with Crippen LogP contribution in [0.1, 0.15) is 45.5 Å². The van der Waals surface area contributed by atoms with Gasteiger partial charge in [-0.05, 0) is 41.3 Å². The highest BCUT2D eigenvalue weighted by Gasteiger charge is 2.67. The molecule has 1 fully saturated rings. The van der Waals surface area contributed by atoms with E-state index in [9.17, 15) is 14.4 Å². The average molecular weight is 472 g/mol. The van der Waals surface area contributed by atoms with Crippen LogP contribution in [0.5, 0.6) is 0 Å². The molecule has 2 bridgehead atoms. The van der Waals surface area contributed by atoms with Gasteiger partial charge in [0.25, 0.3) is 0 Å². The molecule has 0 N–H and O–H groups in total. The van der Waals surface area contributed by atoms with Crippen LogP contribution in [-0.2, 0) is 13.9 Å². The van der Waals surface area contributed by atoms with E-state index in [1.807, 2.05) is 24.3 Å². The summed E-state index contributed by atoms with van der Waals surface area (Å²) in [6, 6.07) is 23.0. The molecule has 0 radical (unpaired) electrons. The number of hydrogen-bond acceptors (Lipinski definition) is 3. The predicted molar refractivity (Wildman–Crippen MR) is 120 cm³/mol. The molecular weight excluding hydrogens is 454 g/mol. The molecule has 3 aromatic rings. The van der Waals surface area contributed by atoms with Crippen LogP contribution in [0, 0.1) is 11.8 Å². The van der Waals surface area contributed by atoms with Crippen molar-refractivity contribution >= 4 is 39.2 Å². The van der Waals surface area contributed by atoms with Crippen molar-refractivity contribution in [3.63, 3.8) is 0 Å². The SMILES string of the molecule is CC(=O)c1cccc(N2C(=O)[C@H]3C4c5ccccc5C(Br)(c5ccccc54)[C@H]3C2=O)c1. The molecule has 5 heteroatoms. The second-order valence-corrected chi connectivity index (χ2v) is 9.74. The van der Waals surface area contributed by atoms with Crippen molar-refractivity contribution in [1.29, 1.82) is 0 Å². The number of nitrogens with zero attached hydrogens (tertiary/aromatic N) is 1. The molecular formula is C26H18BrNO3. The molecule has 0 saturated carbocycles. The standard InChI is InChI=1S/C26H18BrNO3/c1-14(29)15-7-6-8-16(13-15)28-24(30)22-21-17-9-2-4-11-19(17)26(27,23(22)25(28)31)20-12-5-3-10-18(20)21/h2-13,21-23H,1H3/t21?,22-,23+,26?/m0/s1. The molecule has 0 spiro atoms. The summed E-state index contributed by atoms with van der Waals surface area (Å²) in [4.78, 5) is 40.8. The van der Waals surface area contributed by atoms with E-state index in [2.05, 4.69) is 40.2 Å². The average Bonchev–Trinajstić information content (AvgIpc) is 3.06. The third-order valence-electron chi connectivity index (χ3n) is 7.03. The van der Waals surface area contributed by atoms with E-state index in [0.717, 1.165) is 22.3 Å². The van der Waals surface area contributed by atoms with Crippen molar-refractivity contribution in [2.45, 2.75) is 17.2 Å². The Morgan fingerprint density at radius 1 is 0.871 bits per heavy atom. The highest BCUT2D eigenvalue weighted by Crippen LogP contribution is 2.66. The zero-order valence-electron chi connectivity index (χ0n) is 16.7.